The van der Waals surface area contributed by atoms with Crippen LogP contribution in [0.2, 0.25) is 0 Å². The van der Waals surface area contributed by atoms with Gasteiger partial charge in [0, 0.05) is 17.1 Å². The van der Waals surface area contributed by atoms with Crippen LogP contribution in [0.25, 0.3) is 0 Å². The maximum Gasteiger partial charge on any atom is 0.203 e. The predicted octanol–water partition coefficient (Wildman–Crippen LogP) is 4.74. The van der Waals surface area contributed by atoms with Crippen LogP contribution in [-0.4, -0.2) is 9.55 Å². The van der Waals surface area contributed by atoms with Crippen LogP contribution in [0.5, 0.6) is 0 Å². The number of imidazole rings is 1. The molecule has 0 bridgehead atoms. The largest absolute Gasteiger partial charge is 0.351 e. The lowest BCUT2D eigenvalue weighted by atomic mass is 10.2. The summed E-state index contributed by atoms with van der Waals surface area (Å²) in [6.45, 7) is 2.91. The highest BCUT2D eigenvalue weighted by atomic mass is 79.9. The van der Waals surface area contributed by atoms with Gasteiger partial charge in [-0.05, 0) is 47.8 Å². The zero-order chi connectivity index (χ0) is 13.2. The summed E-state index contributed by atoms with van der Waals surface area (Å²) >= 11 is 5.27. The van der Waals surface area contributed by atoms with E-state index in [1.54, 1.807) is 11.3 Å². The Hall–Kier alpha value is -0.810. The lowest BCUT2D eigenvalue weighted by Crippen LogP contribution is -2.10. The molecule has 2 aromatic rings. The number of halogens is 1. The van der Waals surface area contributed by atoms with Gasteiger partial charge in [-0.1, -0.05) is 12.8 Å². The summed E-state index contributed by atoms with van der Waals surface area (Å²) in [6, 6.07) is 4.88. The summed E-state index contributed by atoms with van der Waals surface area (Å²) in [6.07, 6.45) is 7.45. The molecule has 0 aliphatic heterocycles. The van der Waals surface area contributed by atoms with E-state index in [1.165, 1.54) is 34.3 Å². The Morgan fingerprint density at radius 1 is 1.42 bits per heavy atom. The van der Waals surface area contributed by atoms with Gasteiger partial charge in [-0.3, -0.25) is 0 Å². The Balaban J connectivity index is 1.73. The SMILES string of the molecule is Cc1cn(C2CCCC2)c(NCc2ccc(Br)s2)n1. The summed E-state index contributed by atoms with van der Waals surface area (Å²) in [4.78, 5) is 5.95. The third-order valence-electron chi connectivity index (χ3n) is 3.62. The molecule has 3 rings (SSSR count). The van der Waals surface area contributed by atoms with E-state index in [9.17, 15) is 0 Å². The molecule has 0 unspecified atom stereocenters. The van der Waals surface area contributed by atoms with Crippen molar-refractivity contribution in [2.45, 2.75) is 45.2 Å². The molecular formula is C14H18BrN3S. The molecule has 1 aliphatic carbocycles. The first-order chi connectivity index (χ1) is 9.22. The van der Waals surface area contributed by atoms with Crippen molar-refractivity contribution in [2.75, 3.05) is 5.32 Å². The second-order valence-electron chi connectivity index (χ2n) is 5.11. The first kappa shape index (κ1) is 13.2. The number of rotatable bonds is 4. The Kier molecular flexibility index (Phi) is 3.93. The molecule has 5 heteroatoms. The van der Waals surface area contributed by atoms with E-state index in [-0.39, 0.29) is 0 Å². The van der Waals surface area contributed by atoms with Gasteiger partial charge in [0.05, 0.1) is 16.0 Å². The van der Waals surface area contributed by atoms with E-state index in [0.717, 1.165) is 18.2 Å². The molecule has 1 fully saturated rings. The number of anilines is 1. The van der Waals surface area contributed by atoms with Crippen molar-refractivity contribution in [3.63, 3.8) is 0 Å². The highest BCUT2D eigenvalue weighted by molar-refractivity contribution is 9.11. The van der Waals surface area contributed by atoms with Crippen LogP contribution in [0.1, 0.15) is 42.3 Å². The second kappa shape index (κ2) is 5.67. The summed E-state index contributed by atoms with van der Waals surface area (Å²) in [5, 5.41) is 3.48. The van der Waals surface area contributed by atoms with Gasteiger partial charge >= 0.3 is 0 Å². The van der Waals surface area contributed by atoms with Gasteiger partial charge < -0.3 is 9.88 Å². The summed E-state index contributed by atoms with van der Waals surface area (Å²) < 4.78 is 3.52. The average Bonchev–Trinajstić information content (AvgIpc) is 3.07. The molecule has 0 radical (unpaired) electrons. The lowest BCUT2D eigenvalue weighted by molar-refractivity contribution is 0.522. The average molecular weight is 340 g/mol. The minimum atomic E-state index is 0.638. The van der Waals surface area contributed by atoms with Crippen LogP contribution >= 0.6 is 27.3 Å². The quantitative estimate of drug-likeness (QED) is 0.871. The van der Waals surface area contributed by atoms with Gasteiger partial charge in [0.15, 0.2) is 0 Å². The zero-order valence-corrected chi connectivity index (χ0v) is 13.4. The maximum absolute atomic E-state index is 4.62. The fourth-order valence-corrected chi connectivity index (χ4v) is 4.14. The first-order valence-corrected chi connectivity index (χ1v) is 8.37. The molecule has 0 atom stereocenters. The topological polar surface area (TPSA) is 29.9 Å². The molecule has 0 aromatic carbocycles. The van der Waals surface area contributed by atoms with Gasteiger partial charge in [0.2, 0.25) is 5.95 Å². The number of nitrogens with zero attached hydrogens (tertiary/aromatic N) is 2. The normalized spacial score (nSPS) is 16.1. The molecule has 1 aliphatic rings. The van der Waals surface area contributed by atoms with Gasteiger partial charge in [0.1, 0.15) is 0 Å². The fourth-order valence-electron chi connectivity index (χ4n) is 2.72. The Bertz CT molecular complexity index is 555. The third kappa shape index (κ3) is 3.03. The molecule has 19 heavy (non-hydrogen) atoms. The Labute approximate surface area is 126 Å². The number of aromatic nitrogens is 2. The summed E-state index contributed by atoms with van der Waals surface area (Å²) in [7, 11) is 0. The third-order valence-corrected chi connectivity index (χ3v) is 5.24. The number of nitrogens with one attached hydrogen (secondary N) is 1. The molecule has 0 saturated heterocycles. The van der Waals surface area contributed by atoms with Crippen molar-refractivity contribution in [1.82, 2.24) is 9.55 Å². The van der Waals surface area contributed by atoms with E-state index < -0.39 is 0 Å². The van der Waals surface area contributed by atoms with Gasteiger partial charge in [-0.2, -0.15) is 0 Å². The number of hydrogen-bond acceptors (Lipinski definition) is 3. The smallest absolute Gasteiger partial charge is 0.203 e. The van der Waals surface area contributed by atoms with Crippen molar-refractivity contribution in [1.29, 1.82) is 0 Å². The van der Waals surface area contributed by atoms with Crippen molar-refractivity contribution in [2.24, 2.45) is 0 Å². The fraction of sp³-hybridized carbons (Fsp3) is 0.500. The van der Waals surface area contributed by atoms with E-state index in [1.807, 2.05) is 0 Å². The van der Waals surface area contributed by atoms with Crippen LogP contribution in [0.15, 0.2) is 22.1 Å². The first-order valence-electron chi connectivity index (χ1n) is 6.76. The number of thiophene rings is 1. The maximum atomic E-state index is 4.62. The van der Waals surface area contributed by atoms with Crippen LogP contribution < -0.4 is 5.32 Å². The van der Waals surface area contributed by atoms with Crippen molar-refractivity contribution >= 4 is 33.2 Å². The lowest BCUT2D eigenvalue weighted by Gasteiger charge is -2.15. The van der Waals surface area contributed by atoms with Crippen molar-refractivity contribution in [3.8, 4) is 0 Å². The molecule has 2 heterocycles. The standard InChI is InChI=1S/C14H18BrN3S/c1-10-9-18(11-4-2-3-5-11)14(17-10)16-8-12-6-7-13(15)19-12/h6-7,9,11H,2-5,8H2,1H3,(H,16,17). The minimum Gasteiger partial charge on any atom is -0.351 e. The Morgan fingerprint density at radius 3 is 2.89 bits per heavy atom. The van der Waals surface area contributed by atoms with Crippen molar-refractivity contribution in [3.05, 3.63) is 32.7 Å². The van der Waals surface area contributed by atoms with Gasteiger partial charge in [-0.15, -0.1) is 11.3 Å². The molecule has 0 spiro atoms. The zero-order valence-electron chi connectivity index (χ0n) is 11.0. The van der Waals surface area contributed by atoms with E-state index in [4.69, 9.17) is 0 Å². The van der Waals surface area contributed by atoms with Crippen molar-refractivity contribution < 1.29 is 0 Å². The molecular weight excluding hydrogens is 322 g/mol. The van der Waals surface area contributed by atoms with E-state index in [2.05, 4.69) is 56.1 Å². The molecule has 0 amide bonds. The highest BCUT2D eigenvalue weighted by Gasteiger charge is 2.20. The van der Waals surface area contributed by atoms with Crippen LogP contribution in [0.4, 0.5) is 5.95 Å². The second-order valence-corrected chi connectivity index (χ2v) is 7.66. The number of aryl methyl sites for hydroxylation is 1. The van der Waals surface area contributed by atoms with Gasteiger partial charge in [-0.25, -0.2) is 4.98 Å². The predicted molar refractivity (Wildman–Crippen MR) is 83.8 cm³/mol. The summed E-state index contributed by atoms with van der Waals surface area (Å²) in [5.74, 6) is 1.02. The molecule has 3 nitrogen and oxygen atoms in total. The minimum absolute atomic E-state index is 0.638. The van der Waals surface area contributed by atoms with E-state index in [0.29, 0.717) is 6.04 Å². The van der Waals surface area contributed by atoms with Gasteiger partial charge in [0.25, 0.3) is 0 Å². The number of hydrogen-bond donors (Lipinski definition) is 1. The molecule has 1 saturated carbocycles. The van der Waals surface area contributed by atoms with Crippen LogP contribution in [0, 0.1) is 6.92 Å². The van der Waals surface area contributed by atoms with E-state index >= 15 is 0 Å². The van der Waals surface area contributed by atoms with Crippen LogP contribution in [0.3, 0.4) is 0 Å². The monoisotopic (exact) mass is 339 g/mol. The summed E-state index contributed by atoms with van der Waals surface area (Å²) in [5.41, 5.74) is 1.10. The molecule has 102 valence electrons. The highest BCUT2D eigenvalue weighted by Crippen LogP contribution is 2.32. The Morgan fingerprint density at radius 2 is 2.21 bits per heavy atom. The molecule has 2 aromatic heterocycles. The molecule has 1 N–H and O–H groups in total. The van der Waals surface area contributed by atoms with Crippen LogP contribution in [-0.2, 0) is 6.54 Å².